The van der Waals surface area contributed by atoms with Crippen molar-refractivity contribution in [3.05, 3.63) is 29.8 Å². The maximum Gasteiger partial charge on any atom is 0.332 e. The molecule has 0 aromatic heterocycles. The van der Waals surface area contributed by atoms with Crippen LogP contribution in [0.5, 0.6) is 0 Å². The lowest BCUT2D eigenvalue weighted by Crippen LogP contribution is -2.63. The molecule has 152 valence electrons. The van der Waals surface area contributed by atoms with Gasteiger partial charge < -0.3 is 14.9 Å². The average molecular weight is 409 g/mol. The maximum absolute atomic E-state index is 13.0. The normalized spacial score (nSPS) is 22.5. The molecule has 3 amide bonds. The van der Waals surface area contributed by atoms with Gasteiger partial charge in [-0.2, -0.15) is 0 Å². The first kappa shape index (κ1) is 20.1. The van der Waals surface area contributed by atoms with Crippen LogP contribution in [-0.2, 0) is 19.6 Å². The maximum atomic E-state index is 13.0. The highest BCUT2D eigenvalue weighted by molar-refractivity contribution is 7.90. The van der Waals surface area contributed by atoms with Gasteiger partial charge in [0.1, 0.15) is 12.1 Å². The number of urea groups is 1. The molecular weight excluding hydrogens is 386 g/mol. The molecule has 1 unspecified atom stereocenters. The summed E-state index contributed by atoms with van der Waals surface area (Å²) in [5.41, 5.74) is -0.681. The van der Waals surface area contributed by atoms with Crippen molar-refractivity contribution in [3.63, 3.8) is 0 Å². The van der Waals surface area contributed by atoms with Crippen molar-refractivity contribution in [3.8, 4) is 0 Å². The SMILES string of the molecule is Cc1ccccc1S(=O)(=O)NC(=O)N1CCCC12CCCN(CC(=O)O)C2=O. The molecule has 1 atom stereocenters. The van der Waals surface area contributed by atoms with E-state index in [1.807, 2.05) is 0 Å². The van der Waals surface area contributed by atoms with Crippen LogP contribution in [0.1, 0.15) is 31.2 Å². The molecule has 2 aliphatic heterocycles. The van der Waals surface area contributed by atoms with Gasteiger partial charge in [0.25, 0.3) is 10.0 Å². The molecule has 2 fully saturated rings. The van der Waals surface area contributed by atoms with Gasteiger partial charge in [-0.05, 0) is 44.2 Å². The van der Waals surface area contributed by atoms with Crippen molar-refractivity contribution in [2.45, 2.75) is 43.0 Å². The number of aryl methyl sites for hydroxylation is 1. The first-order valence-corrected chi connectivity index (χ1v) is 10.6. The molecule has 2 N–H and O–H groups in total. The van der Waals surface area contributed by atoms with E-state index in [1.165, 1.54) is 15.9 Å². The molecule has 1 spiro atoms. The smallest absolute Gasteiger partial charge is 0.332 e. The highest BCUT2D eigenvalue weighted by Gasteiger charge is 2.53. The number of carbonyl (C=O) groups excluding carboxylic acids is 2. The number of carbonyl (C=O) groups is 3. The average Bonchev–Trinajstić information content (AvgIpc) is 3.03. The fraction of sp³-hybridized carbons (Fsp3) is 0.500. The Hall–Kier alpha value is -2.62. The van der Waals surface area contributed by atoms with Crippen LogP contribution in [0.3, 0.4) is 0 Å². The first-order chi connectivity index (χ1) is 13.2. The number of hydrogen-bond donors (Lipinski definition) is 2. The third kappa shape index (κ3) is 3.56. The number of sulfonamides is 1. The van der Waals surface area contributed by atoms with Crippen LogP contribution < -0.4 is 4.72 Å². The van der Waals surface area contributed by atoms with Gasteiger partial charge in [-0.3, -0.25) is 9.59 Å². The summed E-state index contributed by atoms with van der Waals surface area (Å²) in [5.74, 6) is -1.55. The summed E-state index contributed by atoms with van der Waals surface area (Å²) in [6.07, 6.45) is 1.87. The number of piperidine rings is 1. The van der Waals surface area contributed by atoms with E-state index in [-0.39, 0.29) is 11.4 Å². The third-order valence-electron chi connectivity index (χ3n) is 5.37. The summed E-state index contributed by atoms with van der Waals surface area (Å²) in [6, 6.07) is 5.45. The lowest BCUT2D eigenvalue weighted by Gasteiger charge is -2.43. The fourth-order valence-corrected chi connectivity index (χ4v) is 5.32. The third-order valence-corrected chi connectivity index (χ3v) is 6.85. The minimum absolute atomic E-state index is 0.000860. The number of aliphatic carboxylic acids is 1. The number of nitrogens with one attached hydrogen (secondary N) is 1. The molecule has 0 bridgehead atoms. The molecule has 0 aliphatic carbocycles. The number of rotatable bonds is 4. The number of benzene rings is 1. The van der Waals surface area contributed by atoms with Gasteiger partial charge in [-0.25, -0.2) is 17.9 Å². The van der Waals surface area contributed by atoms with E-state index in [0.717, 1.165) is 0 Å². The Labute approximate surface area is 163 Å². The monoisotopic (exact) mass is 409 g/mol. The van der Waals surface area contributed by atoms with E-state index in [9.17, 15) is 22.8 Å². The van der Waals surface area contributed by atoms with Crippen molar-refractivity contribution in [2.24, 2.45) is 0 Å². The van der Waals surface area contributed by atoms with Gasteiger partial charge in [0.05, 0.1) is 4.90 Å². The highest BCUT2D eigenvalue weighted by atomic mass is 32.2. The number of hydrogen-bond acceptors (Lipinski definition) is 5. The molecule has 2 heterocycles. The Morgan fingerprint density at radius 1 is 1.18 bits per heavy atom. The van der Waals surface area contributed by atoms with Crippen LogP contribution in [0.4, 0.5) is 4.79 Å². The van der Waals surface area contributed by atoms with Crippen molar-refractivity contribution in [2.75, 3.05) is 19.6 Å². The Morgan fingerprint density at radius 3 is 2.46 bits per heavy atom. The molecule has 2 saturated heterocycles. The zero-order valence-corrected chi connectivity index (χ0v) is 16.4. The molecule has 0 radical (unpaired) electrons. The van der Waals surface area contributed by atoms with Crippen LogP contribution in [0.15, 0.2) is 29.2 Å². The zero-order chi connectivity index (χ0) is 20.5. The second-order valence-electron chi connectivity index (χ2n) is 7.19. The second kappa shape index (κ2) is 7.42. The summed E-state index contributed by atoms with van der Waals surface area (Å²) in [4.78, 5) is 39.4. The molecule has 1 aromatic rings. The minimum atomic E-state index is -4.09. The van der Waals surface area contributed by atoms with Crippen LogP contribution in [0.25, 0.3) is 0 Å². The van der Waals surface area contributed by atoms with Gasteiger partial charge in [-0.1, -0.05) is 18.2 Å². The predicted octanol–water partition coefficient (Wildman–Crippen LogP) is 0.935. The summed E-state index contributed by atoms with van der Waals surface area (Å²) in [5, 5.41) is 9.03. The number of carboxylic acid groups (broad SMARTS) is 1. The predicted molar refractivity (Wildman–Crippen MR) is 99.0 cm³/mol. The summed E-state index contributed by atoms with van der Waals surface area (Å²) in [7, 11) is -4.09. The molecule has 2 aliphatic rings. The standard InChI is InChI=1S/C18H23N3O6S/c1-13-6-2-3-7-14(13)28(26,27)19-17(25)21-11-5-9-18(21)8-4-10-20(16(18)24)12-15(22)23/h2-3,6-7H,4-5,8-12H2,1H3,(H,19,25)(H,22,23). The van der Waals surface area contributed by atoms with E-state index in [2.05, 4.69) is 4.72 Å². The molecule has 1 aromatic carbocycles. The molecule has 9 nitrogen and oxygen atoms in total. The Bertz CT molecular complexity index is 916. The minimum Gasteiger partial charge on any atom is -0.480 e. The quantitative estimate of drug-likeness (QED) is 0.763. The number of nitrogens with zero attached hydrogens (tertiary/aromatic N) is 2. The van der Waals surface area contributed by atoms with Gasteiger partial charge in [0.15, 0.2) is 0 Å². The van der Waals surface area contributed by atoms with Gasteiger partial charge in [0, 0.05) is 13.1 Å². The van der Waals surface area contributed by atoms with E-state index in [1.54, 1.807) is 25.1 Å². The van der Waals surface area contributed by atoms with E-state index in [0.29, 0.717) is 37.8 Å². The first-order valence-electron chi connectivity index (χ1n) is 9.09. The molecule has 10 heteroatoms. The Morgan fingerprint density at radius 2 is 1.82 bits per heavy atom. The molecule has 0 saturated carbocycles. The summed E-state index contributed by atoms with van der Waals surface area (Å²) in [6.45, 7) is 1.74. The van der Waals surface area contributed by atoms with Gasteiger partial charge in [0.2, 0.25) is 5.91 Å². The second-order valence-corrected chi connectivity index (χ2v) is 8.84. The Kier molecular flexibility index (Phi) is 5.33. The van der Waals surface area contributed by atoms with Gasteiger partial charge in [-0.15, -0.1) is 0 Å². The number of amides is 3. The fourth-order valence-electron chi connectivity index (χ4n) is 4.12. The van der Waals surface area contributed by atoms with Crippen LogP contribution >= 0.6 is 0 Å². The highest BCUT2D eigenvalue weighted by Crippen LogP contribution is 2.38. The van der Waals surface area contributed by atoms with Crippen molar-refractivity contribution >= 4 is 27.9 Å². The topological polar surface area (TPSA) is 124 Å². The summed E-state index contributed by atoms with van der Waals surface area (Å²) < 4.78 is 27.4. The van der Waals surface area contributed by atoms with Crippen molar-refractivity contribution in [1.82, 2.24) is 14.5 Å². The lowest BCUT2D eigenvalue weighted by molar-refractivity contribution is -0.152. The number of carboxylic acids is 1. The zero-order valence-electron chi connectivity index (χ0n) is 15.6. The number of likely N-dealkylation sites (tertiary alicyclic amines) is 2. The van der Waals surface area contributed by atoms with Crippen LogP contribution in [-0.4, -0.2) is 66.4 Å². The Balaban J connectivity index is 1.84. The summed E-state index contributed by atoms with van der Waals surface area (Å²) >= 11 is 0. The van der Waals surface area contributed by atoms with Gasteiger partial charge >= 0.3 is 12.0 Å². The largest absolute Gasteiger partial charge is 0.480 e. The molecule has 28 heavy (non-hydrogen) atoms. The van der Waals surface area contributed by atoms with Crippen molar-refractivity contribution < 1.29 is 27.9 Å². The van der Waals surface area contributed by atoms with E-state index in [4.69, 9.17) is 5.11 Å². The van der Waals surface area contributed by atoms with Crippen LogP contribution in [0.2, 0.25) is 0 Å². The van der Waals surface area contributed by atoms with E-state index >= 15 is 0 Å². The lowest BCUT2D eigenvalue weighted by atomic mass is 9.85. The van der Waals surface area contributed by atoms with Crippen molar-refractivity contribution in [1.29, 1.82) is 0 Å². The molecular formula is C18H23N3O6S. The van der Waals surface area contributed by atoms with Crippen LogP contribution in [0, 0.1) is 6.92 Å². The molecule has 3 rings (SSSR count). The van der Waals surface area contributed by atoms with E-state index < -0.39 is 40.0 Å².